The monoisotopic (exact) mass is 159 g/mol. The van der Waals surface area contributed by atoms with E-state index in [0.29, 0.717) is 5.92 Å². The highest BCUT2D eigenvalue weighted by atomic mass is 14.7. The maximum absolute atomic E-state index is 4.27. The number of aromatic nitrogens is 1. The van der Waals surface area contributed by atoms with Crippen LogP contribution in [0, 0.1) is 24.7 Å². The van der Waals surface area contributed by atoms with Gasteiger partial charge in [0.15, 0.2) is 0 Å². The van der Waals surface area contributed by atoms with E-state index in [4.69, 9.17) is 0 Å². The van der Waals surface area contributed by atoms with Gasteiger partial charge in [-0.1, -0.05) is 25.8 Å². The molecule has 1 aromatic heterocycles. The van der Waals surface area contributed by atoms with E-state index in [1.54, 1.807) is 0 Å². The van der Waals surface area contributed by atoms with Crippen molar-refractivity contribution < 1.29 is 0 Å². The van der Waals surface area contributed by atoms with Crippen LogP contribution in [0.5, 0.6) is 0 Å². The van der Waals surface area contributed by atoms with Crippen molar-refractivity contribution in [2.24, 2.45) is 5.92 Å². The van der Waals surface area contributed by atoms with E-state index in [-0.39, 0.29) is 0 Å². The van der Waals surface area contributed by atoms with Gasteiger partial charge in [-0.05, 0) is 25.0 Å². The summed E-state index contributed by atoms with van der Waals surface area (Å²) >= 11 is 0. The summed E-state index contributed by atoms with van der Waals surface area (Å²) in [5, 5.41) is 0. The topological polar surface area (TPSA) is 12.9 Å². The Labute approximate surface area is 73.8 Å². The highest BCUT2D eigenvalue weighted by molar-refractivity contribution is 5.28. The molecule has 0 radical (unpaired) electrons. The Morgan fingerprint density at radius 2 is 2.08 bits per heavy atom. The maximum Gasteiger partial charge on any atom is 0.113 e. The molecule has 0 atom stereocenters. The van der Waals surface area contributed by atoms with Crippen LogP contribution in [0.25, 0.3) is 0 Å². The molecule has 0 saturated carbocycles. The molecule has 1 heteroatoms. The Balaban J connectivity index is 2.85. The first-order chi connectivity index (χ1) is 5.68. The molecule has 0 saturated heterocycles. The Hall–Kier alpha value is -1.29. The second-order valence-electron chi connectivity index (χ2n) is 3.09. The highest BCUT2D eigenvalue weighted by Gasteiger charge is 1.88. The standard InChI is InChI=1S/C11H13N/c1-9(2)7-8-11-6-4-5-10(3)12-11/h4-6,9H,1-3H3. The van der Waals surface area contributed by atoms with Crippen LogP contribution in [-0.2, 0) is 0 Å². The molecule has 0 fully saturated rings. The van der Waals surface area contributed by atoms with Crippen LogP contribution < -0.4 is 0 Å². The lowest BCUT2D eigenvalue weighted by Crippen LogP contribution is -1.86. The van der Waals surface area contributed by atoms with Crippen LogP contribution in [0.2, 0.25) is 0 Å². The fourth-order valence-corrected chi connectivity index (χ4v) is 0.831. The summed E-state index contributed by atoms with van der Waals surface area (Å²) < 4.78 is 0. The summed E-state index contributed by atoms with van der Waals surface area (Å²) in [5.74, 6) is 6.51. The number of pyridine rings is 1. The zero-order valence-corrected chi connectivity index (χ0v) is 7.76. The fraction of sp³-hybridized carbons (Fsp3) is 0.364. The number of hydrogen-bond acceptors (Lipinski definition) is 1. The average Bonchev–Trinajstić information content (AvgIpc) is 2.01. The minimum atomic E-state index is 0.410. The third-order valence-corrected chi connectivity index (χ3v) is 1.38. The second kappa shape index (κ2) is 3.92. The molecule has 1 rings (SSSR count). The minimum absolute atomic E-state index is 0.410. The van der Waals surface area contributed by atoms with Crippen molar-refractivity contribution in [2.75, 3.05) is 0 Å². The quantitative estimate of drug-likeness (QED) is 0.530. The fourth-order valence-electron chi connectivity index (χ4n) is 0.831. The van der Waals surface area contributed by atoms with E-state index < -0.39 is 0 Å². The van der Waals surface area contributed by atoms with Crippen molar-refractivity contribution in [3.8, 4) is 11.8 Å². The van der Waals surface area contributed by atoms with Crippen LogP contribution in [0.1, 0.15) is 25.2 Å². The van der Waals surface area contributed by atoms with Gasteiger partial charge in [-0.2, -0.15) is 0 Å². The summed E-state index contributed by atoms with van der Waals surface area (Å²) in [6.45, 7) is 6.12. The van der Waals surface area contributed by atoms with Crippen LogP contribution in [0.15, 0.2) is 18.2 Å². The molecule has 12 heavy (non-hydrogen) atoms. The Bertz CT molecular complexity index is 315. The van der Waals surface area contributed by atoms with E-state index in [9.17, 15) is 0 Å². The van der Waals surface area contributed by atoms with Crippen molar-refractivity contribution >= 4 is 0 Å². The maximum atomic E-state index is 4.27. The Morgan fingerprint density at radius 3 is 2.67 bits per heavy atom. The van der Waals surface area contributed by atoms with E-state index in [1.807, 2.05) is 25.1 Å². The van der Waals surface area contributed by atoms with Crippen molar-refractivity contribution in [3.05, 3.63) is 29.6 Å². The third kappa shape index (κ3) is 2.75. The lowest BCUT2D eigenvalue weighted by molar-refractivity contribution is 0.866. The predicted molar refractivity (Wildman–Crippen MR) is 50.7 cm³/mol. The molecule has 1 nitrogen and oxygen atoms in total. The van der Waals surface area contributed by atoms with Crippen LogP contribution in [0.4, 0.5) is 0 Å². The van der Waals surface area contributed by atoms with Gasteiger partial charge in [0.1, 0.15) is 5.69 Å². The summed E-state index contributed by atoms with van der Waals surface area (Å²) in [7, 11) is 0. The van der Waals surface area contributed by atoms with Gasteiger partial charge in [0.2, 0.25) is 0 Å². The Kier molecular flexibility index (Phi) is 2.88. The van der Waals surface area contributed by atoms with E-state index in [0.717, 1.165) is 11.4 Å². The number of aryl methyl sites for hydroxylation is 1. The smallest absolute Gasteiger partial charge is 0.113 e. The molecule has 62 valence electrons. The van der Waals surface area contributed by atoms with Gasteiger partial charge < -0.3 is 0 Å². The van der Waals surface area contributed by atoms with E-state index >= 15 is 0 Å². The van der Waals surface area contributed by atoms with Gasteiger partial charge in [0.05, 0.1) is 0 Å². The highest BCUT2D eigenvalue weighted by Crippen LogP contribution is 1.96. The number of hydrogen-bond donors (Lipinski definition) is 0. The van der Waals surface area contributed by atoms with Gasteiger partial charge in [0.25, 0.3) is 0 Å². The molecule has 0 bridgehead atoms. The largest absolute Gasteiger partial charge is 0.245 e. The van der Waals surface area contributed by atoms with Gasteiger partial charge in [-0.25, -0.2) is 4.98 Å². The Morgan fingerprint density at radius 1 is 1.33 bits per heavy atom. The van der Waals surface area contributed by atoms with Gasteiger partial charge >= 0.3 is 0 Å². The SMILES string of the molecule is Cc1cccc(C#CC(C)C)n1. The van der Waals surface area contributed by atoms with Gasteiger partial charge in [-0.3, -0.25) is 0 Å². The van der Waals surface area contributed by atoms with Crippen LogP contribution in [-0.4, -0.2) is 4.98 Å². The van der Waals surface area contributed by atoms with Crippen molar-refractivity contribution in [1.29, 1.82) is 0 Å². The molecule has 0 amide bonds. The normalized spacial score (nSPS) is 9.33. The summed E-state index contributed by atoms with van der Waals surface area (Å²) in [5.41, 5.74) is 1.88. The average molecular weight is 159 g/mol. The first-order valence-corrected chi connectivity index (χ1v) is 4.13. The molecular formula is C11H13N. The predicted octanol–water partition coefficient (Wildman–Crippen LogP) is 2.40. The molecule has 0 unspecified atom stereocenters. The van der Waals surface area contributed by atoms with Crippen LogP contribution in [0.3, 0.4) is 0 Å². The summed E-state index contributed by atoms with van der Waals surface area (Å²) in [6, 6.07) is 5.88. The number of rotatable bonds is 0. The zero-order chi connectivity index (χ0) is 8.97. The third-order valence-electron chi connectivity index (χ3n) is 1.38. The zero-order valence-electron chi connectivity index (χ0n) is 7.76. The minimum Gasteiger partial charge on any atom is -0.245 e. The number of nitrogens with zero attached hydrogens (tertiary/aromatic N) is 1. The van der Waals surface area contributed by atoms with Gasteiger partial charge in [0, 0.05) is 11.6 Å². The van der Waals surface area contributed by atoms with E-state index in [1.165, 1.54) is 0 Å². The molecule has 1 heterocycles. The molecule has 0 N–H and O–H groups in total. The molecule has 0 aromatic carbocycles. The lowest BCUT2D eigenvalue weighted by atomic mass is 10.2. The molecule has 1 aromatic rings. The molecule has 0 aliphatic heterocycles. The summed E-state index contributed by atoms with van der Waals surface area (Å²) in [6.07, 6.45) is 0. The van der Waals surface area contributed by atoms with Gasteiger partial charge in [-0.15, -0.1) is 0 Å². The van der Waals surface area contributed by atoms with Crippen LogP contribution >= 0.6 is 0 Å². The molecule has 0 spiro atoms. The van der Waals surface area contributed by atoms with Crippen molar-refractivity contribution in [2.45, 2.75) is 20.8 Å². The molecule has 0 aliphatic carbocycles. The summed E-state index contributed by atoms with van der Waals surface area (Å²) in [4.78, 5) is 4.27. The molecular weight excluding hydrogens is 146 g/mol. The first kappa shape index (κ1) is 8.80. The van der Waals surface area contributed by atoms with Crippen molar-refractivity contribution in [3.63, 3.8) is 0 Å². The first-order valence-electron chi connectivity index (χ1n) is 4.13. The van der Waals surface area contributed by atoms with Crippen molar-refractivity contribution in [1.82, 2.24) is 4.98 Å². The molecule has 0 aliphatic rings. The van der Waals surface area contributed by atoms with E-state index in [2.05, 4.69) is 30.7 Å². The second-order valence-corrected chi connectivity index (χ2v) is 3.09. The lowest BCUT2D eigenvalue weighted by Gasteiger charge is -1.92.